The van der Waals surface area contributed by atoms with Crippen LogP contribution in [0.5, 0.6) is 0 Å². The van der Waals surface area contributed by atoms with E-state index in [0.717, 1.165) is 12.0 Å². The van der Waals surface area contributed by atoms with Crippen molar-refractivity contribution in [2.45, 2.75) is 31.7 Å². The first-order valence-corrected chi connectivity index (χ1v) is 5.56. The number of benzene rings is 1. The Morgan fingerprint density at radius 2 is 2.00 bits per heavy atom. The van der Waals surface area contributed by atoms with Gasteiger partial charge in [0.2, 0.25) is 0 Å². The lowest BCUT2D eigenvalue weighted by atomic mass is 9.88. The molecular weight excluding hydrogens is 202 g/mol. The van der Waals surface area contributed by atoms with Crippen molar-refractivity contribution < 1.29 is 9.53 Å². The molecule has 0 fully saturated rings. The topological polar surface area (TPSA) is 52.3 Å². The zero-order valence-corrected chi connectivity index (χ0v) is 9.85. The fourth-order valence-corrected chi connectivity index (χ4v) is 1.76. The van der Waals surface area contributed by atoms with Crippen molar-refractivity contribution in [3.63, 3.8) is 0 Å². The molecule has 0 aliphatic carbocycles. The van der Waals surface area contributed by atoms with E-state index >= 15 is 0 Å². The molecule has 0 aromatic heterocycles. The first-order valence-electron chi connectivity index (χ1n) is 5.56. The Bertz CT molecular complexity index is 324. The minimum Gasteiger partial charge on any atom is -0.469 e. The van der Waals surface area contributed by atoms with E-state index < -0.39 is 0 Å². The van der Waals surface area contributed by atoms with Crippen LogP contribution in [0.4, 0.5) is 0 Å². The number of carbonyl (C=O) groups is 1. The fraction of sp³-hybridized carbons (Fsp3) is 0.462. The molecule has 2 unspecified atom stereocenters. The van der Waals surface area contributed by atoms with Gasteiger partial charge >= 0.3 is 5.97 Å². The number of carbonyl (C=O) groups excluding carboxylic acids is 1. The Morgan fingerprint density at radius 1 is 1.38 bits per heavy atom. The summed E-state index contributed by atoms with van der Waals surface area (Å²) in [5, 5.41) is 0. The molecule has 0 radical (unpaired) electrons. The maximum absolute atomic E-state index is 11.3. The summed E-state index contributed by atoms with van der Waals surface area (Å²) in [4.78, 5) is 11.3. The van der Waals surface area contributed by atoms with Gasteiger partial charge in [-0.15, -0.1) is 0 Å². The second-order valence-corrected chi connectivity index (χ2v) is 3.87. The lowest BCUT2D eigenvalue weighted by Gasteiger charge is -2.22. The number of hydrogen-bond acceptors (Lipinski definition) is 3. The summed E-state index contributed by atoms with van der Waals surface area (Å²) < 4.78 is 4.70. The quantitative estimate of drug-likeness (QED) is 0.774. The van der Waals surface area contributed by atoms with Crippen LogP contribution in [0.1, 0.15) is 31.2 Å². The van der Waals surface area contributed by atoms with Crippen LogP contribution in [0.15, 0.2) is 30.3 Å². The van der Waals surface area contributed by atoms with Crippen LogP contribution in [-0.4, -0.2) is 19.1 Å². The first-order chi connectivity index (χ1) is 7.69. The number of methoxy groups -OCH3 is 1. The van der Waals surface area contributed by atoms with E-state index in [9.17, 15) is 4.79 Å². The summed E-state index contributed by atoms with van der Waals surface area (Å²) in [7, 11) is 1.40. The Hall–Kier alpha value is -1.35. The molecule has 0 amide bonds. The lowest BCUT2D eigenvalue weighted by molar-refractivity contribution is -0.141. The highest BCUT2D eigenvalue weighted by atomic mass is 16.5. The zero-order chi connectivity index (χ0) is 12.0. The molecule has 2 N–H and O–H groups in total. The number of ether oxygens (including phenoxy) is 1. The van der Waals surface area contributed by atoms with E-state index in [1.54, 1.807) is 0 Å². The number of hydrogen-bond donors (Lipinski definition) is 1. The van der Waals surface area contributed by atoms with E-state index in [4.69, 9.17) is 10.5 Å². The molecule has 1 aromatic carbocycles. The summed E-state index contributed by atoms with van der Waals surface area (Å²) in [6, 6.07) is 9.87. The standard InChI is InChI=1S/C13H19NO2/c1-3-12(14)11(9-13(15)16-2)10-7-5-4-6-8-10/h4-8,11-12H,3,9,14H2,1-2H3. The zero-order valence-electron chi connectivity index (χ0n) is 9.85. The van der Waals surface area contributed by atoms with Gasteiger partial charge in [0.25, 0.3) is 0 Å². The maximum Gasteiger partial charge on any atom is 0.306 e. The molecule has 0 saturated heterocycles. The molecule has 1 aromatic rings. The predicted octanol–water partition coefficient (Wildman–Crippen LogP) is 2.07. The SMILES string of the molecule is CCC(N)C(CC(=O)OC)c1ccccc1. The highest BCUT2D eigenvalue weighted by Gasteiger charge is 2.21. The summed E-state index contributed by atoms with van der Waals surface area (Å²) >= 11 is 0. The lowest BCUT2D eigenvalue weighted by Crippen LogP contribution is -2.29. The molecule has 3 nitrogen and oxygen atoms in total. The van der Waals surface area contributed by atoms with Crippen LogP contribution in [0.25, 0.3) is 0 Å². The smallest absolute Gasteiger partial charge is 0.306 e. The minimum atomic E-state index is -0.210. The van der Waals surface area contributed by atoms with Gasteiger partial charge in [0.05, 0.1) is 13.5 Å². The molecule has 1 rings (SSSR count). The van der Waals surface area contributed by atoms with Gasteiger partial charge in [-0.1, -0.05) is 37.3 Å². The maximum atomic E-state index is 11.3. The summed E-state index contributed by atoms with van der Waals surface area (Å²) in [6.45, 7) is 2.03. The molecule has 0 spiro atoms. The van der Waals surface area contributed by atoms with Crippen molar-refractivity contribution in [3.8, 4) is 0 Å². The van der Waals surface area contributed by atoms with Gasteiger partial charge in [-0.3, -0.25) is 4.79 Å². The van der Waals surface area contributed by atoms with Gasteiger partial charge in [-0.2, -0.15) is 0 Å². The predicted molar refractivity (Wildman–Crippen MR) is 64.1 cm³/mol. The van der Waals surface area contributed by atoms with Crippen LogP contribution < -0.4 is 5.73 Å². The van der Waals surface area contributed by atoms with Gasteiger partial charge in [0.1, 0.15) is 0 Å². The summed E-state index contributed by atoms with van der Waals surface area (Å²) in [5.74, 6) is -0.170. The van der Waals surface area contributed by atoms with Crippen molar-refractivity contribution in [2.24, 2.45) is 5.73 Å². The average Bonchev–Trinajstić information content (AvgIpc) is 2.35. The van der Waals surface area contributed by atoms with E-state index in [2.05, 4.69) is 0 Å². The van der Waals surface area contributed by atoms with Crippen LogP contribution >= 0.6 is 0 Å². The average molecular weight is 221 g/mol. The minimum absolute atomic E-state index is 0.0125. The molecule has 0 aliphatic rings. The Morgan fingerprint density at radius 3 is 2.50 bits per heavy atom. The van der Waals surface area contributed by atoms with Gasteiger partial charge < -0.3 is 10.5 Å². The van der Waals surface area contributed by atoms with Gasteiger partial charge in [-0.25, -0.2) is 0 Å². The number of esters is 1. The van der Waals surface area contributed by atoms with Crippen molar-refractivity contribution >= 4 is 5.97 Å². The Kier molecular flexibility index (Phi) is 4.99. The van der Waals surface area contributed by atoms with Crippen molar-refractivity contribution in [1.29, 1.82) is 0 Å². The number of rotatable bonds is 5. The van der Waals surface area contributed by atoms with Crippen LogP contribution in [-0.2, 0) is 9.53 Å². The normalized spacial score (nSPS) is 14.2. The number of nitrogens with two attached hydrogens (primary N) is 1. The van der Waals surface area contributed by atoms with Crippen LogP contribution in [0, 0.1) is 0 Å². The third-order valence-corrected chi connectivity index (χ3v) is 2.83. The summed E-state index contributed by atoms with van der Waals surface area (Å²) in [6.07, 6.45) is 1.19. The molecule has 88 valence electrons. The summed E-state index contributed by atoms with van der Waals surface area (Å²) in [5.41, 5.74) is 7.14. The molecule has 0 heterocycles. The van der Waals surface area contributed by atoms with Gasteiger partial charge in [-0.05, 0) is 12.0 Å². The Labute approximate surface area is 96.6 Å². The van der Waals surface area contributed by atoms with Crippen LogP contribution in [0.3, 0.4) is 0 Å². The van der Waals surface area contributed by atoms with E-state index in [0.29, 0.717) is 6.42 Å². The molecule has 16 heavy (non-hydrogen) atoms. The van der Waals surface area contributed by atoms with Crippen LogP contribution in [0.2, 0.25) is 0 Å². The van der Waals surface area contributed by atoms with Crippen molar-refractivity contribution in [1.82, 2.24) is 0 Å². The second kappa shape index (κ2) is 6.28. The molecule has 0 saturated carbocycles. The third kappa shape index (κ3) is 3.35. The van der Waals surface area contributed by atoms with E-state index in [1.165, 1.54) is 7.11 Å². The van der Waals surface area contributed by atoms with Gasteiger partial charge in [0, 0.05) is 12.0 Å². The molecular formula is C13H19NO2. The highest BCUT2D eigenvalue weighted by molar-refractivity contribution is 5.70. The van der Waals surface area contributed by atoms with Gasteiger partial charge in [0.15, 0.2) is 0 Å². The monoisotopic (exact) mass is 221 g/mol. The molecule has 3 heteroatoms. The van der Waals surface area contributed by atoms with E-state index in [-0.39, 0.29) is 17.9 Å². The molecule has 0 bridgehead atoms. The van der Waals surface area contributed by atoms with E-state index in [1.807, 2.05) is 37.3 Å². The largest absolute Gasteiger partial charge is 0.469 e. The first kappa shape index (κ1) is 12.7. The van der Waals surface area contributed by atoms with Crippen molar-refractivity contribution in [2.75, 3.05) is 7.11 Å². The highest BCUT2D eigenvalue weighted by Crippen LogP contribution is 2.24. The molecule has 2 atom stereocenters. The fourth-order valence-electron chi connectivity index (χ4n) is 1.76. The third-order valence-electron chi connectivity index (χ3n) is 2.83. The van der Waals surface area contributed by atoms with Crippen molar-refractivity contribution in [3.05, 3.63) is 35.9 Å². The second-order valence-electron chi connectivity index (χ2n) is 3.87. The molecule has 0 aliphatic heterocycles. The Balaban J connectivity index is 2.83.